The van der Waals surface area contributed by atoms with Gasteiger partial charge in [0.2, 0.25) is 5.75 Å². The molecule has 0 aliphatic heterocycles. The molecule has 0 fully saturated rings. The van der Waals surface area contributed by atoms with Crippen LogP contribution in [0.4, 0.5) is 0 Å². The second kappa shape index (κ2) is 9.70. The maximum atomic E-state index is 11.9. The van der Waals surface area contributed by atoms with Crippen molar-refractivity contribution in [2.24, 2.45) is 0 Å². The van der Waals surface area contributed by atoms with E-state index in [4.69, 9.17) is 19.0 Å². The Kier molecular flexibility index (Phi) is 7.32. The SMILES string of the molecule is CCCCOc1c(O)c2cc(OCCCCCC(=O)O)ccc2oc1=O. The molecular weight excluding hydrogens is 340 g/mol. The van der Waals surface area contributed by atoms with Crippen LogP contribution >= 0.6 is 0 Å². The zero-order valence-electron chi connectivity index (χ0n) is 14.8. The van der Waals surface area contributed by atoms with Gasteiger partial charge in [-0.2, -0.15) is 0 Å². The summed E-state index contributed by atoms with van der Waals surface area (Å²) in [5.41, 5.74) is -0.456. The van der Waals surface area contributed by atoms with Crippen LogP contribution in [0.2, 0.25) is 0 Å². The summed E-state index contributed by atoms with van der Waals surface area (Å²) >= 11 is 0. The Balaban J connectivity index is 2.04. The first-order chi connectivity index (χ1) is 12.5. The minimum atomic E-state index is -0.797. The van der Waals surface area contributed by atoms with Gasteiger partial charge in [0.15, 0.2) is 5.75 Å². The predicted octanol–water partition coefficient (Wildman–Crippen LogP) is 3.70. The minimum Gasteiger partial charge on any atom is -0.504 e. The van der Waals surface area contributed by atoms with E-state index in [9.17, 15) is 14.7 Å². The van der Waals surface area contributed by atoms with Crippen LogP contribution < -0.4 is 15.1 Å². The van der Waals surface area contributed by atoms with Gasteiger partial charge in [-0.25, -0.2) is 4.79 Å². The highest BCUT2D eigenvalue weighted by molar-refractivity contribution is 5.86. The molecule has 7 heteroatoms. The Labute approximate surface area is 151 Å². The maximum Gasteiger partial charge on any atom is 0.383 e. The molecule has 1 heterocycles. The average molecular weight is 364 g/mol. The number of carboxylic acid groups (broad SMARTS) is 1. The van der Waals surface area contributed by atoms with Crippen molar-refractivity contribution < 1.29 is 28.9 Å². The van der Waals surface area contributed by atoms with Crippen LogP contribution in [0.25, 0.3) is 11.0 Å². The molecule has 7 nitrogen and oxygen atoms in total. The molecule has 0 aliphatic rings. The standard InChI is InChI=1S/C19H24O7/c1-2-3-10-25-18-17(22)14-12-13(8-9-15(14)26-19(18)23)24-11-6-4-5-7-16(20)21/h8-9,12,22H,2-7,10-11H2,1H3,(H,20,21). The fourth-order valence-electron chi connectivity index (χ4n) is 2.43. The van der Waals surface area contributed by atoms with Gasteiger partial charge in [-0.15, -0.1) is 0 Å². The highest BCUT2D eigenvalue weighted by atomic mass is 16.5. The van der Waals surface area contributed by atoms with E-state index in [-0.39, 0.29) is 23.5 Å². The van der Waals surface area contributed by atoms with E-state index >= 15 is 0 Å². The van der Waals surface area contributed by atoms with E-state index in [1.54, 1.807) is 18.2 Å². The van der Waals surface area contributed by atoms with E-state index in [1.165, 1.54) is 0 Å². The van der Waals surface area contributed by atoms with E-state index in [2.05, 4.69) is 0 Å². The second-order valence-electron chi connectivity index (χ2n) is 5.98. The van der Waals surface area contributed by atoms with Crippen molar-refractivity contribution in [3.8, 4) is 17.2 Å². The van der Waals surface area contributed by atoms with Crippen molar-refractivity contribution in [3.05, 3.63) is 28.6 Å². The summed E-state index contributed by atoms with van der Waals surface area (Å²) < 4.78 is 16.2. The van der Waals surface area contributed by atoms with Gasteiger partial charge >= 0.3 is 11.6 Å². The molecule has 2 N–H and O–H groups in total. The molecule has 1 aromatic carbocycles. The van der Waals surface area contributed by atoms with E-state index < -0.39 is 11.6 Å². The number of rotatable bonds is 11. The van der Waals surface area contributed by atoms with Crippen LogP contribution in [0.1, 0.15) is 45.4 Å². The van der Waals surface area contributed by atoms with E-state index in [0.717, 1.165) is 25.7 Å². The summed E-state index contributed by atoms with van der Waals surface area (Å²) in [6.07, 6.45) is 3.93. The molecule has 0 atom stereocenters. The third kappa shape index (κ3) is 5.40. The van der Waals surface area contributed by atoms with Gasteiger partial charge in [-0.3, -0.25) is 4.79 Å². The Morgan fingerprint density at radius 2 is 1.88 bits per heavy atom. The van der Waals surface area contributed by atoms with Crippen molar-refractivity contribution in [2.75, 3.05) is 13.2 Å². The number of ether oxygens (including phenoxy) is 2. The smallest absolute Gasteiger partial charge is 0.383 e. The monoisotopic (exact) mass is 364 g/mol. The van der Waals surface area contributed by atoms with Crippen LogP contribution in [0.5, 0.6) is 17.2 Å². The summed E-state index contributed by atoms with van der Waals surface area (Å²) in [4.78, 5) is 22.4. The topological polar surface area (TPSA) is 106 Å². The molecule has 0 radical (unpaired) electrons. The Morgan fingerprint density at radius 1 is 1.12 bits per heavy atom. The Hall–Kier alpha value is -2.70. The highest BCUT2D eigenvalue weighted by Crippen LogP contribution is 2.33. The quantitative estimate of drug-likeness (QED) is 0.462. The minimum absolute atomic E-state index is 0.156. The van der Waals surface area contributed by atoms with Crippen molar-refractivity contribution in [2.45, 2.75) is 45.4 Å². The summed E-state index contributed by atoms with van der Waals surface area (Å²) in [6, 6.07) is 4.81. The zero-order chi connectivity index (χ0) is 18.9. The molecule has 0 saturated carbocycles. The summed E-state index contributed by atoms with van der Waals surface area (Å²) in [6.45, 7) is 2.76. The number of carbonyl (C=O) groups is 1. The molecule has 26 heavy (non-hydrogen) atoms. The molecule has 0 bridgehead atoms. The van der Waals surface area contributed by atoms with Crippen molar-refractivity contribution in [3.63, 3.8) is 0 Å². The fourth-order valence-corrected chi connectivity index (χ4v) is 2.43. The van der Waals surface area contributed by atoms with Gasteiger partial charge in [-0.05, 0) is 43.9 Å². The second-order valence-corrected chi connectivity index (χ2v) is 5.98. The maximum absolute atomic E-state index is 11.9. The lowest BCUT2D eigenvalue weighted by Crippen LogP contribution is -2.08. The van der Waals surface area contributed by atoms with Crippen molar-refractivity contribution >= 4 is 16.9 Å². The zero-order valence-corrected chi connectivity index (χ0v) is 14.8. The summed E-state index contributed by atoms with van der Waals surface area (Å²) in [7, 11) is 0. The number of benzene rings is 1. The molecule has 0 unspecified atom stereocenters. The van der Waals surface area contributed by atoms with Gasteiger partial charge in [0.05, 0.1) is 18.6 Å². The lowest BCUT2D eigenvalue weighted by atomic mass is 10.2. The van der Waals surface area contributed by atoms with Gasteiger partial charge < -0.3 is 24.1 Å². The van der Waals surface area contributed by atoms with Crippen LogP contribution in [0, 0.1) is 0 Å². The van der Waals surface area contributed by atoms with Gasteiger partial charge in [-0.1, -0.05) is 13.3 Å². The molecule has 142 valence electrons. The normalized spacial score (nSPS) is 10.8. The predicted molar refractivity (Wildman–Crippen MR) is 96.2 cm³/mol. The molecule has 2 aromatic rings. The van der Waals surface area contributed by atoms with Crippen LogP contribution in [0.15, 0.2) is 27.4 Å². The third-order valence-corrected chi connectivity index (χ3v) is 3.86. The third-order valence-electron chi connectivity index (χ3n) is 3.86. The van der Waals surface area contributed by atoms with Crippen LogP contribution in [0.3, 0.4) is 0 Å². The van der Waals surface area contributed by atoms with Gasteiger partial charge in [0.25, 0.3) is 0 Å². The lowest BCUT2D eigenvalue weighted by molar-refractivity contribution is -0.137. The Bertz CT molecular complexity index is 794. The molecular formula is C19H24O7. The Morgan fingerprint density at radius 3 is 2.62 bits per heavy atom. The molecule has 0 spiro atoms. The molecule has 0 saturated heterocycles. The number of unbranched alkanes of at least 4 members (excludes halogenated alkanes) is 3. The number of aliphatic carboxylic acids is 1. The molecule has 2 rings (SSSR count). The fraction of sp³-hybridized carbons (Fsp3) is 0.474. The molecule has 1 aromatic heterocycles. The summed E-state index contributed by atoms with van der Waals surface area (Å²) in [5, 5.41) is 19.3. The van der Waals surface area contributed by atoms with E-state index in [1.807, 2.05) is 6.92 Å². The average Bonchev–Trinajstić information content (AvgIpc) is 2.61. The van der Waals surface area contributed by atoms with Crippen molar-refractivity contribution in [1.29, 1.82) is 0 Å². The van der Waals surface area contributed by atoms with Crippen molar-refractivity contribution in [1.82, 2.24) is 0 Å². The first-order valence-corrected chi connectivity index (χ1v) is 8.80. The number of fused-ring (bicyclic) bond motifs is 1. The van der Waals surface area contributed by atoms with Gasteiger partial charge in [0.1, 0.15) is 11.3 Å². The lowest BCUT2D eigenvalue weighted by Gasteiger charge is -2.10. The number of hydrogen-bond donors (Lipinski definition) is 2. The summed E-state index contributed by atoms with van der Waals surface area (Å²) in [5.74, 6) is -0.704. The highest BCUT2D eigenvalue weighted by Gasteiger charge is 2.16. The first kappa shape index (κ1) is 19.6. The van der Waals surface area contributed by atoms with Crippen LogP contribution in [-0.2, 0) is 4.79 Å². The first-order valence-electron chi connectivity index (χ1n) is 8.80. The van der Waals surface area contributed by atoms with Crippen LogP contribution in [-0.4, -0.2) is 29.4 Å². The number of carboxylic acids is 1. The molecule has 0 aliphatic carbocycles. The van der Waals surface area contributed by atoms with Gasteiger partial charge in [0, 0.05) is 6.42 Å². The largest absolute Gasteiger partial charge is 0.504 e. The van der Waals surface area contributed by atoms with E-state index in [0.29, 0.717) is 30.8 Å². The number of hydrogen-bond acceptors (Lipinski definition) is 6. The molecule has 0 amide bonds. The number of aromatic hydroxyl groups is 1.